The fraction of sp³-hybridized carbons (Fsp3) is 0.333. The number of rotatable bonds is 3. The molecule has 0 spiro atoms. The Morgan fingerprint density at radius 3 is 2.73 bits per heavy atom. The van der Waals surface area contributed by atoms with E-state index in [1.807, 2.05) is 41.3 Å². The van der Waals surface area contributed by atoms with Gasteiger partial charge < -0.3 is 15.1 Å². The lowest BCUT2D eigenvalue weighted by atomic mass is 9.97. The summed E-state index contributed by atoms with van der Waals surface area (Å²) in [5.74, 6) is -0.0713. The van der Waals surface area contributed by atoms with Crippen LogP contribution < -0.4 is 10.2 Å². The van der Waals surface area contributed by atoms with Crippen molar-refractivity contribution in [2.75, 3.05) is 23.3 Å². The summed E-state index contributed by atoms with van der Waals surface area (Å²) in [6, 6.07) is 14.8. The van der Waals surface area contributed by atoms with Crippen molar-refractivity contribution in [2.24, 2.45) is 0 Å². The Morgan fingerprint density at radius 2 is 1.96 bits per heavy atom. The number of carbonyl (C=O) groups is 2. The van der Waals surface area contributed by atoms with E-state index in [0.717, 1.165) is 43.7 Å². The van der Waals surface area contributed by atoms with Crippen LogP contribution in [0, 0.1) is 0 Å². The largest absolute Gasteiger partial charge is 0.351 e. The molecular formula is C21H23N3O2. The predicted octanol–water partition coefficient (Wildman–Crippen LogP) is 3.73. The van der Waals surface area contributed by atoms with Crippen molar-refractivity contribution >= 4 is 23.2 Å². The third-order valence-electron chi connectivity index (χ3n) is 5.26. The Balaban J connectivity index is 1.67. The number of nitrogens with one attached hydrogen (secondary N) is 1. The highest BCUT2D eigenvalue weighted by Crippen LogP contribution is 2.35. The van der Waals surface area contributed by atoms with Gasteiger partial charge in [-0.1, -0.05) is 18.2 Å². The third-order valence-corrected chi connectivity index (χ3v) is 5.26. The molecule has 134 valence electrons. The minimum Gasteiger partial charge on any atom is -0.351 e. The van der Waals surface area contributed by atoms with Crippen molar-refractivity contribution < 1.29 is 9.59 Å². The Kier molecular flexibility index (Phi) is 4.37. The van der Waals surface area contributed by atoms with Gasteiger partial charge in [-0.15, -0.1) is 0 Å². The van der Waals surface area contributed by atoms with Gasteiger partial charge in [0, 0.05) is 24.3 Å². The van der Waals surface area contributed by atoms with Crippen molar-refractivity contribution in [3.8, 4) is 0 Å². The molecule has 1 fully saturated rings. The molecule has 1 N–H and O–H groups in total. The minimum absolute atomic E-state index is 0.0874. The van der Waals surface area contributed by atoms with Crippen LogP contribution >= 0.6 is 0 Å². The average Bonchev–Trinajstić information content (AvgIpc) is 2.69. The number of hydrogen-bond acceptors (Lipinski definition) is 3. The van der Waals surface area contributed by atoms with Crippen molar-refractivity contribution in [1.29, 1.82) is 0 Å². The average molecular weight is 349 g/mol. The van der Waals surface area contributed by atoms with Crippen LogP contribution in [0.1, 0.15) is 46.9 Å². The quantitative estimate of drug-likeness (QED) is 0.919. The number of nitrogens with zero attached hydrogens (tertiary/aromatic N) is 2. The van der Waals surface area contributed by atoms with Gasteiger partial charge in [0.25, 0.3) is 11.8 Å². The molecule has 0 saturated carbocycles. The van der Waals surface area contributed by atoms with E-state index >= 15 is 0 Å². The Bertz CT molecular complexity index is 834. The lowest BCUT2D eigenvalue weighted by Crippen LogP contribution is -2.57. The van der Waals surface area contributed by atoms with Gasteiger partial charge in [0.15, 0.2) is 0 Å². The molecule has 0 aliphatic carbocycles. The van der Waals surface area contributed by atoms with E-state index in [2.05, 4.69) is 17.1 Å². The van der Waals surface area contributed by atoms with E-state index in [9.17, 15) is 9.59 Å². The normalized spacial score (nSPS) is 19.0. The second kappa shape index (κ2) is 6.83. The summed E-state index contributed by atoms with van der Waals surface area (Å²) in [7, 11) is 0. The number of benzene rings is 2. The molecule has 5 heteroatoms. The molecule has 5 nitrogen and oxygen atoms in total. The summed E-state index contributed by atoms with van der Waals surface area (Å²) < 4.78 is 0. The zero-order valence-electron chi connectivity index (χ0n) is 14.9. The van der Waals surface area contributed by atoms with Crippen LogP contribution in [0.2, 0.25) is 0 Å². The number of carbonyl (C=O) groups excluding carboxylic acids is 2. The highest BCUT2D eigenvalue weighted by Gasteiger charge is 2.38. The lowest BCUT2D eigenvalue weighted by molar-refractivity contribution is 0.0582. The summed E-state index contributed by atoms with van der Waals surface area (Å²) in [5, 5.41) is 2.91. The van der Waals surface area contributed by atoms with Crippen molar-refractivity contribution in [2.45, 2.75) is 32.4 Å². The minimum atomic E-state index is -0.159. The smallest absolute Gasteiger partial charge is 0.257 e. The molecular weight excluding hydrogens is 326 g/mol. The molecule has 2 aromatic carbocycles. The molecule has 2 aliphatic rings. The van der Waals surface area contributed by atoms with Crippen LogP contribution in [0.25, 0.3) is 0 Å². The summed E-state index contributed by atoms with van der Waals surface area (Å²) in [6.07, 6.45) is 3.29. The summed E-state index contributed by atoms with van der Waals surface area (Å²) in [6.45, 7) is 3.73. The van der Waals surface area contributed by atoms with Gasteiger partial charge in [-0.25, -0.2) is 0 Å². The van der Waals surface area contributed by atoms with Crippen LogP contribution in [-0.2, 0) is 0 Å². The first kappa shape index (κ1) is 16.6. The second-order valence-corrected chi connectivity index (χ2v) is 6.81. The fourth-order valence-corrected chi connectivity index (χ4v) is 3.99. The molecule has 1 atom stereocenters. The second-order valence-electron chi connectivity index (χ2n) is 6.81. The number of amides is 2. The van der Waals surface area contributed by atoms with Gasteiger partial charge in [0.05, 0.1) is 11.3 Å². The van der Waals surface area contributed by atoms with Crippen molar-refractivity contribution in [1.82, 2.24) is 4.90 Å². The predicted molar refractivity (Wildman–Crippen MR) is 103 cm³/mol. The summed E-state index contributed by atoms with van der Waals surface area (Å²) in [4.78, 5) is 29.8. The van der Waals surface area contributed by atoms with Crippen molar-refractivity contribution in [3.63, 3.8) is 0 Å². The molecule has 2 aliphatic heterocycles. The molecule has 2 amide bonds. The van der Waals surface area contributed by atoms with E-state index in [4.69, 9.17) is 0 Å². The van der Waals surface area contributed by atoms with Crippen molar-refractivity contribution in [3.05, 3.63) is 59.7 Å². The molecule has 1 saturated heterocycles. The highest BCUT2D eigenvalue weighted by atomic mass is 16.2. The van der Waals surface area contributed by atoms with Gasteiger partial charge in [-0.3, -0.25) is 9.59 Å². The van der Waals surface area contributed by atoms with Crippen LogP contribution in [0.4, 0.5) is 11.4 Å². The number of fused-ring (bicyclic) bond motifs is 2. The summed E-state index contributed by atoms with van der Waals surface area (Å²) in [5.41, 5.74) is 2.91. The molecule has 2 aromatic rings. The molecule has 0 radical (unpaired) electrons. The van der Waals surface area contributed by atoms with Crippen LogP contribution in [0.15, 0.2) is 48.5 Å². The first-order valence-corrected chi connectivity index (χ1v) is 9.27. The molecule has 4 rings (SSSR count). The van der Waals surface area contributed by atoms with Crippen LogP contribution in [0.5, 0.6) is 0 Å². The monoisotopic (exact) mass is 349 g/mol. The molecule has 2 heterocycles. The standard InChI is InChI=1S/C21H23N3O2/c1-2-23-18-14-15(20(25)22-16-8-4-3-5-9-16)11-12-17(18)21(26)24-13-7-6-10-19(23)24/h3-5,8-9,11-12,14,19H,2,6-7,10,13H2,1H3,(H,22,25)/t19-/m0/s1. The Labute approximate surface area is 153 Å². The number of anilines is 2. The first-order valence-electron chi connectivity index (χ1n) is 9.27. The Hall–Kier alpha value is -2.82. The van der Waals surface area contributed by atoms with Gasteiger partial charge in [-0.2, -0.15) is 0 Å². The van der Waals surface area contributed by atoms with E-state index in [0.29, 0.717) is 11.1 Å². The highest BCUT2D eigenvalue weighted by molar-refractivity contribution is 6.08. The molecule has 0 aromatic heterocycles. The maximum absolute atomic E-state index is 12.9. The molecule has 26 heavy (non-hydrogen) atoms. The maximum Gasteiger partial charge on any atom is 0.257 e. The molecule has 0 bridgehead atoms. The van der Waals surface area contributed by atoms with E-state index in [1.165, 1.54) is 0 Å². The topological polar surface area (TPSA) is 52.7 Å². The van der Waals surface area contributed by atoms with Crippen LogP contribution in [-0.4, -0.2) is 36.0 Å². The zero-order chi connectivity index (χ0) is 18.1. The van der Waals surface area contributed by atoms with E-state index < -0.39 is 0 Å². The Morgan fingerprint density at radius 1 is 1.15 bits per heavy atom. The number of para-hydroxylation sites is 1. The third kappa shape index (κ3) is 2.83. The summed E-state index contributed by atoms with van der Waals surface area (Å²) >= 11 is 0. The SMILES string of the molecule is CCN1c2cc(C(=O)Nc3ccccc3)ccc2C(=O)N2CCCC[C@H]21. The lowest BCUT2D eigenvalue weighted by Gasteiger charge is -2.47. The van der Waals surface area contributed by atoms with Gasteiger partial charge in [0.2, 0.25) is 0 Å². The fourth-order valence-electron chi connectivity index (χ4n) is 3.99. The first-order chi connectivity index (χ1) is 12.7. The van der Waals surface area contributed by atoms with E-state index in [-0.39, 0.29) is 18.0 Å². The van der Waals surface area contributed by atoms with Gasteiger partial charge in [-0.05, 0) is 56.5 Å². The number of hydrogen-bond donors (Lipinski definition) is 1. The van der Waals surface area contributed by atoms with Crippen LogP contribution in [0.3, 0.4) is 0 Å². The molecule has 0 unspecified atom stereocenters. The zero-order valence-corrected chi connectivity index (χ0v) is 14.9. The van der Waals surface area contributed by atoms with Gasteiger partial charge in [0.1, 0.15) is 6.17 Å². The van der Waals surface area contributed by atoms with Gasteiger partial charge >= 0.3 is 0 Å². The maximum atomic E-state index is 12.9. The van der Waals surface area contributed by atoms with E-state index in [1.54, 1.807) is 12.1 Å². The number of piperidine rings is 1.